The number of hydrogen-bond acceptors (Lipinski definition) is 6. The number of benzene rings is 3. The van der Waals surface area contributed by atoms with E-state index in [-0.39, 0.29) is 30.4 Å². The van der Waals surface area contributed by atoms with Crippen molar-refractivity contribution in [2.45, 2.75) is 38.0 Å². The molecule has 8 heteroatoms. The first-order chi connectivity index (χ1) is 18.8. The molecule has 2 aliphatic rings. The molecule has 3 aromatic carbocycles. The predicted octanol–water partition coefficient (Wildman–Crippen LogP) is 6.40. The van der Waals surface area contributed by atoms with Gasteiger partial charge in [0.1, 0.15) is 0 Å². The third-order valence-corrected chi connectivity index (χ3v) is 7.54. The summed E-state index contributed by atoms with van der Waals surface area (Å²) in [6.07, 6.45) is 1.42. The maximum Gasteiger partial charge on any atom is 0.336 e. The van der Waals surface area contributed by atoms with Gasteiger partial charge in [-0.1, -0.05) is 66.2 Å². The minimum Gasteiger partial charge on any atom is -0.462 e. The molecule has 1 N–H and O–H groups in total. The molecule has 2 atom stereocenters. The molecular formula is C31H27ClN2O5. The molecule has 0 fully saturated rings. The van der Waals surface area contributed by atoms with Crippen LogP contribution in [-0.4, -0.2) is 23.3 Å². The topological polar surface area (TPSA) is 98.5 Å². The predicted molar refractivity (Wildman–Crippen MR) is 148 cm³/mol. The number of dihydropyridines is 1. The molecular weight excluding hydrogens is 516 g/mol. The van der Waals surface area contributed by atoms with E-state index >= 15 is 0 Å². The first kappa shape index (κ1) is 26.4. The van der Waals surface area contributed by atoms with Gasteiger partial charge in [0.2, 0.25) is 0 Å². The molecule has 0 saturated heterocycles. The van der Waals surface area contributed by atoms with E-state index in [0.29, 0.717) is 40.3 Å². The average molecular weight is 543 g/mol. The first-order valence-electron chi connectivity index (χ1n) is 12.8. The standard InChI is InChI=1S/C31H27ClN2O5/c1-19-28(31(36)39-16-15-20-5-3-2-4-6-20)29(22-9-13-25(14-10-22)34(37)38)30-26(33-19)17-23(18-27(30)35)21-7-11-24(32)12-8-21/h2-14,23,29,33H,15-18H2,1H3/t23-,29-/m0/s1. The minimum absolute atomic E-state index is 0.0364. The lowest BCUT2D eigenvalue weighted by Gasteiger charge is -2.36. The SMILES string of the molecule is CC1=C(C(=O)OCCc2ccccc2)[C@H](c2ccc([N+](=O)[O-])cc2)C2=C(C[C@H](c3ccc(Cl)cc3)CC2=O)N1. The maximum absolute atomic E-state index is 13.7. The van der Waals surface area contributed by atoms with E-state index in [0.717, 1.165) is 16.8 Å². The Bertz CT molecular complexity index is 1480. The Morgan fingerprint density at radius 1 is 1.00 bits per heavy atom. The normalized spacial score (nSPS) is 18.9. The fourth-order valence-corrected chi connectivity index (χ4v) is 5.51. The van der Waals surface area contributed by atoms with Crippen molar-refractivity contribution in [3.05, 3.63) is 133 Å². The summed E-state index contributed by atoms with van der Waals surface area (Å²) in [6, 6.07) is 23.2. The summed E-state index contributed by atoms with van der Waals surface area (Å²) in [5.74, 6) is -1.32. The van der Waals surface area contributed by atoms with Crippen LogP contribution in [0.15, 0.2) is 101 Å². The molecule has 198 valence electrons. The van der Waals surface area contributed by atoms with Crippen molar-refractivity contribution in [1.29, 1.82) is 0 Å². The number of non-ortho nitro benzene ring substituents is 1. The number of ketones is 1. The minimum atomic E-state index is -0.690. The number of nitro benzene ring substituents is 1. The lowest BCUT2D eigenvalue weighted by Crippen LogP contribution is -2.36. The number of esters is 1. The summed E-state index contributed by atoms with van der Waals surface area (Å²) < 4.78 is 5.69. The third-order valence-electron chi connectivity index (χ3n) is 7.29. The fourth-order valence-electron chi connectivity index (χ4n) is 5.39. The summed E-state index contributed by atoms with van der Waals surface area (Å²) in [5.41, 5.74) is 4.84. The molecule has 0 radical (unpaired) electrons. The summed E-state index contributed by atoms with van der Waals surface area (Å²) in [4.78, 5) is 38.0. The highest BCUT2D eigenvalue weighted by atomic mass is 35.5. The number of nitrogens with one attached hydrogen (secondary N) is 1. The van der Waals surface area contributed by atoms with Crippen molar-refractivity contribution in [3.8, 4) is 0 Å². The van der Waals surface area contributed by atoms with Crippen molar-refractivity contribution in [2.75, 3.05) is 6.61 Å². The van der Waals surface area contributed by atoms with Crippen LogP contribution < -0.4 is 5.32 Å². The highest BCUT2D eigenvalue weighted by Crippen LogP contribution is 2.46. The van der Waals surface area contributed by atoms with Crippen molar-refractivity contribution in [2.24, 2.45) is 0 Å². The van der Waals surface area contributed by atoms with Crippen molar-refractivity contribution >= 4 is 29.0 Å². The molecule has 39 heavy (non-hydrogen) atoms. The second-order valence-corrected chi connectivity index (χ2v) is 10.2. The average Bonchev–Trinajstić information content (AvgIpc) is 2.93. The third kappa shape index (κ3) is 5.64. The Labute approximate surface area is 231 Å². The van der Waals surface area contributed by atoms with E-state index < -0.39 is 16.8 Å². The van der Waals surface area contributed by atoms with Gasteiger partial charge in [0.05, 0.1) is 17.1 Å². The summed E-state index contributed by atoms with van der Waals surface area (Å²) in [6.45, 7) is 1.98. The van der Waals surface area contributed by atoms with Gasteiger partial charge in [-0.05, 0) is 48.1 Å². The second kappa shape index (κ2) is 11.3. The van der Waals surface area contributed by atoms with Crippen LogP contribution in [-0.2, 0) is 20.7 Å². The van der Waals surface area contributed by atoms with Crippen LogP contribution in [0, 0.1) is 10.1 Å². The van der Waals surface area contributed by atoms with Gasteiger partial charge in [-0.2, -0.15) is 0 Å². The molecule has 5 rings (SSSR count). The van der Waals surface area contributed by atoms with E-state index in [9.17, 15) is 19.7 Å². The van der Waals surface area contributed by atoms with Gasteiger partial charge in [-0.3, -0.25) is 14.9 Å². The number of rotatable bonds is 7. The smallest absolute Gasteiger partial charge is 0.336 e. The molecule has 0 bridgehead atoms. The van der Waals surface area contributed by atoms with Gasteiger partial charge in [0, 0.05) is 52.9 Å². The molecule has 3 aromatic rings. The van der Waals surface area contributed by atoms with Crippen molar-refractivity contribution in [3.63, 3.8) is 0 Å². The summed E-state index contributed by atoms with van der Waals surface area (Å²) >= 11 is 6.06. The van der Waals surface area contributed by atoms with Crippen LogP contribution in [0.3, 0.4) is 0 Å². The Kier molecular flexibility index (Phi) is 7.61. The molecule has 1 aliphatic heterocycles. The van der Waals surface area contributed by atoms with Crippen LogP contribution in [0.4, 0.5) is 5.69 Å². The molecule has 1 aliphatic carbocycles. The lowest BCUT2D eigenvalue weighted by molar-refractivity contribution is -0.384. The summed E-state index contributed by atoms with van der Waals surface area (Å²) in [5, 5.41) is 15.2. The maximum atomic E-state index is 13.7. The van der Waals surface area contributed by atoms with Crippen molar-refractivity contribution < 1.29 is 19.2 Å². The van der Waals surface area contributed by atoms with Gasteiger partial charge in [0.25, 0.3) is 5.69 Å². The Balaban J connectivity index is 1.48. The number of nitro groups is 1. The van der Waals surface area contributed by atoms with Gasteiger partial charge in [0.15, 0.2) is 5.78 Å². The van der Waals surface area contributed by atoms with E-state index in [1.54, 1.807) is 19.1 Å². The van der Waals surface area contributed by atoms with E-state index in [1.807, 2.05) is 54.6 Å². The van der Waals surface area contributed by atoms with E-state index in [2.05, 4.69) is 5.32 Å². The number of halogens is 1. The van der Waals surface area contributed by atoms with E-state index in [1.165, 1.54) is 12.1 Å². The second-order valence-electron chi connectivity index (χ2n) is 9.79. The van der Waals surface area contributed by atoms with Crippen LogP contribution in [0.5, 0.6) is 0 Å². The highest BCUT2D eigenvalue weighted by molar-refractivity contribution is 6.30. The fraction of sp³-hybridized carbons (Fsp3) is 0.226. The number of carbonyl (C=O) groups excluding carboxylic acids is 2. The van der Waals surface area contributed by atoms with Gasteiger partial charge in [-0.25, -0.2) is 4.79 Å². The van der Waals surface area contributed by atoms with Crippen LogP contribution in [0.25, 0.3) is 0 Å². The van der Waals surface area contributed by atoms with Crippen LogP contribution in [0.1, 0.15) is 48.3 Å². The summed E-state index contributed by atoms with van der Waals surface area (Å²) in [7, 11) is 0. The zero-order valence-electron chi connectivity index (χ0n) is 21.4. The van der Waals surface area contributed by atoms with Crippen LogP contribution >= 0.6 is 11.6 Å². The van der Waals surface area contributed by atoms with Gasteiger partial charge >= 0.3 is 5.97 Å². The lowest BCUT2D eigenvalue weighted by atomic mass is 9.71. The zero-order valence-corrected chi connectivity index (χ0v) is 22.1. The Morgan fingerprint density at radius 2 is 1.67 bits per heavy atom. The first-order valence-corrected chi connectivity index (χ1v) is 13.1. The number of hydrogen-bond donors (Lipinski definition) is 1. The molecule has 0 unspecified atom stereocenters. The Morgan fingerprint density at radius 3 is 2.33 bits per heavy atom. The van der Waals surface area contributed by atoms with Crippen LogP contribution in [0.2, 0.25) is 5.02 Å². The van der Waals surface area contributed by atoms with Gasteiger partial charge < -0.3 is 10.1 Å². The largest absolute Gasteiger partial charge is 0.462 e. The molecule has 0 spiro atoms. The highest BCUT2D eigenvalue weighted by Gasteiger charge is 2.41. The number of Topliss-reactive ketones (excluding diaryl/α,β-unsaturated/α-hetero) is 1. The molecule has 7 nitrogen and oxygen atoms in total. The molecule has 0 saturated carbocycles. The molecule has 0 aromatic heterocycles. The van der Waals surface area contributed by atoms with Crippen molar-refractivity contribution in [1.82, 2.24) is 5.32 Å². The number of carbonyl (C=O) groups is 2. The molecule has 0 amide bonds. The monoisotopic (exact) mass is 542 g/mol. The van der Waals surface area contributed by atoms with E-state index in [4.69, 9.17) is 16.3 Å². The quantitative estimate of drug-likeness (QED) is 0.211. The zero-order chi connectivity index (χ0) is 27.5. The van der Waals surface area contributed by atoms with Gasteiger partial charge in [-0.15, -0.1) is 0 Å². The Hall–Kier alpha value is -4.23. The number of nitrogens with zero attached hydrogens (tertiary/aromatic N) is 1. The number of ether oxygens (including phenoxy) is 1. The molecule has 1 heterocycles. The number of allylic oxidation sites excluding steroid dienone is 3.